The molecule has 2 atom stereocenters. The molecule has 2 heterocycles. The third-order valence-corrected chi connectivity index (χ3v) is 6.84. The Morgan fingerprint density at radius 3 is 2.55 bits per heavy atom. The number of hydrogen-bond donors (Lipinski definition) is 3. The number of nitrogens with one attached hydrogen (secondary N) is 2. The highest BCUT2D eigenvalue weighted by atomic mass is 35.5. The number of aromatic amines is 2. The van der Waals surface area contributed by atoms with E-state index in [1.165, 1.54) is 0 Å². The van der Waals surface area contributed by atoms with E-state index in [0.29, 0.717) is 17.9 Å². The molecule has 4 aromatic rings. The van der Waals surface area contributed by atoms with Crippen LogP contribution in [-0.2, 0) is 27.2 Å². The molecule has 4 rings (SSSR count). The molecule has 2 aromatic carbocycles. The highest BCUT2D eigenvalue weighted by Crippen LogP contribution is 2.34. The van der Waals surface area contributed by atoms with E-state index in [9.17, 15) is 9.59 Å². The van der Waals surface area contributed by atoms with Crippen LogP contribution in [0.5, 0.6) is 0 Å². The fourth-order valence-corrected chi connectivity index (χ4v) is 4.71. The first-order valence-corrected chi connectivity index (χ1v) is 13.5. The van der Waals surface area contributed by atoms with E-state index >= 15 is 0 Å². The molecule has 0 radical (unpaired) electrons. The lowest BCUT2D eigenvalue weighted by atomic mass is 9.95. The van der Waals surface area contributed by atoms with E-state index in [1.54, 1.807) is 19.0 Å². The Balaban J connectivity index is 1.72. The van der Waals surface area contributed by atoms with Crippen LogP contribution < -0.4 is 5.73 Å². The monoisotopic (exact) mass is 564 g/mol. The first-order valence-electron chi connectivity index (χ1n) is 13.1. The molecular formula is C28H33ClN8O3. The van der Waals surface area contributed by atoms with Crippen LogP contribution in [0.1, 0.15) is 49.4 Å². The van der Waals surface area contributed by atoms with Crippen LogP contribution in [0, 0.1) is 0 Å². The summed E-state index contributed by atoms with van der Waals surface area (Å²) < 4.78 is 6.02. The van der Waals surface area contributed by atoms with Crippen molar-refractivity contribution < 1.29 is 14.3 Å². The second-order valence-electron chi connectivity index (χ2n) is 9.75. The first-order chi connectivity index (χ1) is 19.3. The Morgan fingerprint density at radius 1 is 1.12 bits per heavy atom. The van der Waals surface area contributed by atoms with Gasteiger partial charge in [0.15, 0.2) is 5.15 Å². The van der Waals surface area contributed by atoms with E-state index in [2.05, 4.69) is 37.5 Å². The summed E-state index contributed by atoms with van der Waals surface area (Å²) in [7, 11) is 3.38. The summed E-state index contributed by atoms with van der Waals surface area (Å²) in [6, 6.07) is 14.9. The molecule has 0 unspecified atom stereocenters. The maximum absolute atomic E-state index is 13.3. The Labute approximate surface area is 237 Å². The lowest BCUT2D eigenvalue weighted by Crippen LogP contribution is -2.41. The maximum atomic E-state index is 13.3. The van der Waals surface area contributed by atoms with Crippen molar-refractivity contribution in [3.63, 3.8) is 0 Å². The number of aromatic nitrogens is 6. The van der Waals surface area contributed by atoms with E-state index in [4.69, 9.17) is 22.1 Å². The van der Waals surface area contributed by atoms with Crippen molar-refractivity contribution in [2.24, 2.45) is 5.73 Å². The van der Waals surface area contributed by atoms with E-state index < -0.39 is 24.0 Å². The lowest BCUT2D eigenvalue weighted by molar-refractivity contribution is -0.156. The zero-order valence-corrected chi connectivity index (χ0v) is 23.5. The number of likely N-dealkylation sites (N-methyl/N-ethyl adjacent to an activating group) is 1. The second-order valence-corrected chi connectivity index (χ2v) is 10.1. The first kappa shape index (κ1) is 28.9. The molecule has 210 valence electrons. The number of rotatable bonds is 13. The number of aryl methyl sites for hydroxylation is 1. The smallest absolute Gasteiger partial charge is 0.324 e. The van der Waals surface area contributed by atoms with Gasteiger partial charge in [0.25, 0.3) is 0 Å². The summed E-state index contributed by atoms with van der Waals surface area (Å²) in [4.78, 5) is 34.3. The minimum Gasteiger partial charge on any atom is -0.454 e. The molecule has 0 saturated heterocycles. The molecule has 1 amide bonds. The number of primary amides is 1. The van der Waals surface area contributed by atoms with Gasteiger partial charge in [0.1, 0.15) is 18.0 Å². The van der Waals surface area contributed by atoms with Crippen LogP contribution >= 0.6 is 11.6 Å². The zero-order chi connectivity index (χ0) is 28.6. The number of H-pyrrole nitrogens is 2. The number of carbonyl (C=O) groups is 2. The van der Waals surface area contributed by atoms with Gasteiger partial charge in [-0.3, -0.25) is 14.5 Å². The Bertz CT molecular complexity index is 1420. The number of ether oxygens (including phenoxy) is 1. The average molecular weight is 565 g/mol. The van der Waals surface area contributed by atoms with Crippen LogP contribution in [0.15, 0.2) is 48.5 Å². The summed E-state index contributed by atoms with van der Waals surface area (Å²) >= 11 is 6.56. The molecule has 0 bridgehead atoms. The maximum Gasteiger partial charge on any atom is 0.324 e. The number of tetrazole rings is 1. The molecule has 12 heteroatoms. The van der Waals surface area contributed by atoms with Gasteiger partial charge in [0, 0.05) is 18.4 Å². The topological polar surface area (TPSA) is 156 Å². The van der Waals surface area contributed by atoms with Crippen molar-refractivity contribution in [3.05, 3.63) is 70.8 Å². The minimum atomic E-state index is -0.850. The van der Waals surface area contributed by atoms with Crippen molar-refractivity contribution in [3.8, 4) is 22.5 Å². The van der Waals surface area contributed by atoms with Gasteiger partial charge in [-0.05, 0) is 48.5 Å². The fourth-order valence-electron chi connectivity index (χ4n) is 4.44. The minimum absolute atomic E-state index is 0.176. The third-order valence-electron chi connectivity index (χ3n) is 6.55. The van der Waals surface area contributed by atoms with Crippen LogP contribution in [0.4, 0.5) is 0 Å². The fraction of sp³-hybridized carbons (Fsp3) is 0.357. The average Bonchev–Trinajstić information content (AvgIpc) is 3.60. The van der Waals surface area contributed by atoms with Crippen molar-refractivity contribution >= 4 is 23.5 Å². The van der Waals surface area contributed by atoms with Crippen molar-refractivity contribution in [1.82, 2.24) is 35.5 Å². The van der Waals surface area contributed by atoms with Crippen LogP contribution in [0.2, 0.25) is 5.15 Å². The molecule has 0 spiro atoms. The number of imidazole rings is 1. The number of unbranched alkanes of at least 4 members (excludes halogenated alkanes) is 1. The number of halogens is 1. The molecule has 0 fully saturated rings. The number of benzene rings is 2. The number of carbonyl (C=O) groups excluding carboxylic acids is 2. The Hall–Kier alpha value is -4.09. The lowest BCUT2D eigenvalue weighted by Gasteiger charge is -2.25. The summed E-state index contributed by atoms with van der Waals surface area (Å²) in [5.41, 5.74) is 9.42. The van der Waals surface area contributed by atoms with Crippen molar-refractivity contribution in [1.29, 1.82) is 0 Å². The largest absolute Gasteiger partial charge is 0.454 e. The molecule has 2 aromatic heterocycles. The number of nitrogens with zero attached hydrogens (tertiary/aromatic N) is 5. The summed E-state index contributed by atoms with van der Waals surface area (Å²) in [6.45, 7) is 2.09. The standard InChI is InChI=1S/C28H33ClN8O3/c1-4-5-11-24-31-25(26(29)32-24)22(40-28(39)21(37(2)3)16-23(30)38)15-17-12-13-19(18-9-7-6-8-10-18)20(14-17)27-33-35-36-34-27/h6-10,12-14,21-22H,4-5,11,15-16H2,1-3H3,(H2,30,38)(H,31,32)(H,33,34,35,36)/t21-,22-/m0/s1. The molecule has 11 nitrogen and oxygen atoms in total. The number of hydrogen-bond acceptors (Lipinski definition) is 8. The molecule has 4 N–H and O–H groups in total. The van der Waals surface area contributed by atoms with Gasteiger partial charge in [0.05, 0.1) is 12.1 Å². The predicted molar refractivity (Wildman–Crippen MR) is 151 cm³/mol. The van der Waals surface area contributed by atoms with Crippen LogP contribution in [0.3, 0.4) is 0 Å². The predicted octanol–water partition coefficient (Wildman–Crippen LogP) is 3.89. The molecule has 0 saturated carbocycles. The van der Waals surface area contributed by atoms with Crippen molar-refractivity contribution in [2.75, 3.05) is 14.1 Å². The van der Waals surface area contributed by atoms with Gasteiger partial charge in [-0.1, -0.05) is 67.4 Å². The summed E-state index contributed by atoms with van der Waals surface area (Å²) in [5.74, 6) is -0.0374. The third kappa shape index (κ3) is 7.10. The quantitative estimate of drug-likeness (QED) is 0.206. The highest BCUT2D eigenvalue weighted by molar-refractivity contribution is 6.30. The molecule has 40 heavy (non-hydrogen) atoms. The van der Waals surface area contributed by atoms with Gasteiger partial charge in [-0.25, -0.2) is 4.98 Å². The molecule has 0 aliphatic rings. The molecular weight excluding hydrogens is 532 g/mol. The molecule has 0 aliphatic heterocycles. The van der Waals surface area contributed by atoms with Crippen LogP contribution in [-0.4, -0.2) is 67.5 Å². The summed E-state index contributed by atoms with van der Waals surface area (Å²) in [5, 5.41) is 14.9. The Kier molecular flexibility index (Phi) is 9.62. The van der Waals surface area contributed by atoms with E-state index in [-0.39, 0.29) is 18.0 Å². The second kappa shape index (κ2) is 13.3. The normalized spacial score (nSPS) is 12.8. The van der Waals surface area contributed by atoms with Gasteiger partial charge < -0.3 is 15.5 Å². The van der Waals surface area contributed by atoms with Crippen molar-refractivity contribution in [2.45, 2.75) is 51.2 Å². The van der Waals surface area contributed by atoms with Gasteiger partial charge in [-0.15, -0.1) is 10.2 Å². The SMILES string of the molecule is CCCCc1nc(Cl)c([C@H](Cc2ccc(-c3ccccc3)c(-c3nn[nH]n3)c2)OC(=O)[C@H](CC(N)=O)N(C)C)[nH]1. The van der Waals surface area contributed by atoms with Gasteiger partial charge in [0.2, 0.25) is 11.7 Å². The van der Waals surface area contributed by atoms with Gasteiger partial charge >= 0.3 is 5.97 Å². The number of nitrogens with two attached hydrogens (primary N) is 1. The van der Waals surface area contributed by atoms with Gasteiger partial charge in [-0.2, -0.15) is 5.21 Å². The Morgan fingerprint density at radius 2 is 1.90 bits per heavy atom. The zero-order valence-electron chi connectivity index (χ0n) is 22.7. The number of esters is 1. The van der Waals surface area contributed by atoms with E-state index in [1.807, 2.05) is 48.5 Å². The number of amides is 1. The highest BCUT2D eigenvalue weighted by Gasteiger charge is 2.30. The van der Waals surface area contributed by atoms with E-state index in [0.717, 1.165) is 40.9 Å². The summed E-state index contributed by atoms with van der Waals surface area (Å²) in [6.07, 6.45) is 1.94. The van der Waals surface area contributed by atoms with Crippen LogP contribution in [0.25, 0.3) is 22.5 Å². The molecule has 0 aliphatic carbocycles.